The summed E-state index contributed by atoms with van der Waals surface area (Å²) in [4.78, 5) is 18.0. The Morgan fingerprint density at radius 2 is 2.10 bits per heavy atom. The fourth-order valence-electron chi connectivity index (χ4n) is 2.12. The molecule has 0 aliphatic carbocycles. The van der Waals surface area contributed by atoms with Crippen LogP contribution in [0.15, 0.2) is 42.6 Å². The van der Waals surface area contributed by atoms with Crippen molar-refractivity contribution in [3.63, 3.8) is 0 Å². The van der Waals surface area contributed by atoms with Gasteiger partial charge in [0.05, 0.1) is 11.7 Å². The van der Waals surface area contributed by atoms with E-state index in [4.69, 9.17) is 5.73 Å². The number of carbonyl (C=O) groups is 1. The molecule has 0 fully saturated rings. The summed E-state index contributed by atoms with van der Waals surface area (Å²) in [6.07, 6.45) is 1.55. The molecule has 2 rings (SSSR count). The second kappa shape index (κ2) is 6.45. The minimum absolute atomic E-state index is 0.192. The first kappa shape index (κ1) is 15.1. The standard InChI is InChI=1S/C16H18FN3O/c1-11(14-5-3-4-6-15(14)17)20(2)16(21)12-7-8-19-13(9-12)10-18/h3-9,11H,10,18H2,1-2H3. The molecule has 1 unspecified atom stereocenters. The number of hydrogen-bond acceptors (Lipinski definition) is 3. The molecule has 21 heavy (non-hydrogen) atoms. The zero-order valence-electron chi connectivity index (χ0n) is 12.1. The Labute approximate surface area is 123 Å². The average Bonchev–Trinajstić information content (AvgIpc) is 2.53. The molecule has 0 spiro atoms. The van der Waals surface area contributed by atoms with Gasteiger partial charge in [0.2, 0.25) is 0 Å². The minimum Gasteiger partial charge on any atom is -0.335 e. The Bertz CT molecular complexity index is 645. The molecule has 110 valence electrons. The fourth-order valence-corrected chi connectivity index (χ4v) is 2.12. The molecule has 1 amide bonds. The van der Waals surface area contributed by atoms with Gasteiger partial charge >= 0.3 is 0 Å². The number of rotatable bonds is 4. The van der Waals surface area contributed by atoms with Crippen LogP contribution in [-0.2, 0) is 6.54 Å². The number of amides is 1. The summed E-state index contributed by atoms with van der Waals surface area (Å²) >= 11 is 0. The van der Waals surface area contributed by atoms with E-state index in [1.165, 1.54) is 11.0 Å². The van der Waals surface area contributed by atoms with Crippen molar-refractivity contribution in [1.82, 2.24) is 9.88 Å². The van der Waals surface area contributed by atoms with Gasteiger partial charge in [-0.05, 0) is 25.1 Å². The maximum Gasteiger partial charge on any atom is 0.254 e. The number of nitrogens with two attached hydrogens (primary N) is 1. The molecule has 1 heterocycles. The fraction of sp³-hybridized carbons (Fsp3) is 0.250. The van der Waals surface area contributed by atoms with Gasteiger partial charge in [0, 0.05) is 30.9 Å². The van der Waals surface area contributed by atoms with Gasteiger partial charge < -0.3 is 10.6 Å². The van der Waals surface area contributed by atoms with Gasteiger partial charge in [0.15, 0.2) is 0 Å². The van der Waals surface area contributed by atoms with Gasteiger partial charge in [-0.2, -0.15) is 0 Å². The smallest absolute Gasteiger partial charge is 0.254 e. The largest absolute Gasteiger partial charge is 0.335 e. The highest BCUT2D eigenvalue weighted by Gasteiger charge is 2.21. The Morgan fingerprint density at radius 1 is 1.38 bits per heavy atom. The third kappa shape index (κ3) is 3.25. The van der Waals surface area contributed by atoms with Crippen molar-refractivity contribution in [2.24, 2.45) is 5.73 Å². The first-order chi connectivity index (χ1) is 10.0. The van der Waals surface area contributed by atoms with Crippen LogP contribution in [0.1, 0.15) is 34.6 Å². The van der Waals surface area contributed by atoms with Crippen molar-refractivity contribution in [3.05, 3.63) is 65.2 Å². The normalized spacial score (nSPS) is 12.0. The summed E-state index contributed by atoms with van der Waals surface area (Å²) in [5, 5.41) is 0. The first-order valence-electron chi connectivity index (χ1n) is 6.71. The molecular formula is C16H18FN3O. The number of halogens is 1. The third-order valence-corrected chi connectivity index (χ3v) is 3.53. The predicted molar refractivity (Wildman–Crippen MR) is 79.0 cm³/mol. The Hall–Kier alpha value is -2.27. The number of nitrogens with zero attached hydrogens (tertiary/aromatic N) is 2. The molecule has 1 aromatic heterocycles. The minimum atomic E-state index is -0.367. The molecule has 1 aromatic carbocycles. The summed E-state index contributed by atoms with van der Waals surface area (Å²) in [7, 11) is 1.65. The lowest BCUT2D eigenvalue weighted by atomic mass is 10.1. The van der Waals surface area contributed by atoms with Crippen LogP contribution in [-0.4, -0.2) is 22.8 Å². The van der Waals surface area contributed by atoms with Crippen LogP contribution < -0.4 is 5.73 Å². The zero-order chi connectivity index (χ0) is 15.4. The quantitative estimate of drug-likeness (QED) is 0.940. The molecule has 2 N–H and O–H groups in total. The Morgan fingerprint density at radius 3 is 2.76 bits per heavy atom. The van der Waals surface area contributed by atoms with Crippen molar-refractivity contribution in [3.8, 4) is 0 Å². The van der Waals surface area contributed by atoms with Crippen LogP contribution in [0.3, 0.4) is 0 Å². The van der Waals surface area contributed by atoms with E-state index in [0.29, 0.717) is 16.8 Å². The number of pyridine rings is 1. The topological polar surface area (TPSA) is 59.2 Å². The highest BCUT2D eigenvalue weighted by molar-refractivity contribution is 5.94. The van der Waals surface area contributed by atoms with Gasteiger partial charge in [-0.15, -0.1) is 0 Å². The maximum absolute atomic E-state index is 13.8. The highest BCUT2D eigenvalue weighted by Crippen LogP contribution is 2.23. The van der Waals surface area contributed by atoms with E-state index in [0.717, 1.165) is 0 Å². The van der Waals surface area contributed by atoms with Crippen molar-refractivity contribution >= 4 is 5.91 Å². The van der Waals surface area contributed by atoms with E-state index in [1.54, 1.807) is 50.5 Å². The lowest BCUT2D eigenvalue weighted by Gasteiger charge is -2.25. The maximum atomic E-state index is 13.8. The molecule has 0 saturated heterocycles. The number of carbonyl (C=O) groups excluding carboxylic acids is 1. The van der Waals surface area contributed by atoms with Crippen LogP contribution in [0.25, 0.3) is 0 Å². The number of aromatic nitrogens is 1. The SMILES string of the molecule is CC(c1ccccc1F)N(C)C(=O)c1ccnc(CN)c1. The zero-order valence-corrected chi connectivity index (χ0v) is 12.1. The molecule has 1 atom stereocenters. The van der Waals surface area contributed by atoms with Crippen LogP contribution in [0.2, 0.25) is 0 Å². The Balaban J connectivity index is 2.24. The van der Waals surface area contributed by atoms with E-state index < -0.39 is 0 Å². The lowest BCUT2D eigenvalue weighted by Crippen LogP contribution is -2.30. The van der Waals surface area contributed by atoms with Crippen LogP contribution >= 0.6 is 0 Å². The summed E-state index contributed by atoms with van der Waals surface area (Å²) in [6, 6.07) is 9.38. The third-order valence-electron chi connectivity index (χ3n) is 3.53. The van der Waals surface area contributed by atoms with E-state index in [9.17, 15) is 9.18 Å². The molecule has 0 aliphatic rings. The van der Waals surface area contributed by atoms with Crippen LogP contribution in [0, 0.1) is 5.82 Å². The molecule has 5 heteroatoms. The predicted octanol–water partition coefficient (Wildman–Crippen LogP) is 2.51. The van der Waals surface area contributed by atoms with E-state index in [2.05, 4.69) is 4.98 Å². The second-order valence-corrected chi connectivity index (χ2v) is 4.85. The number of benzene rings is 1. The Kier molecular flexibility index (Phi) is 4.65. The van der Waals surface area contributed by atoms with E-state index >= 15 is 0 Å². The monoisotopic (exact) mass is 287 g/mol. The van der Waals surface area contributed by atoms with Crippen molar-refractivity contribution in [2.75, 3.05) is 7.05 Å². The van der Waals surface area contributed by atoms with Gasteiger partial charge in [-0.1, -0.05) is 18.2 Å². The van der Waals surface area contributed by atoms with E-state index in [1.807, 2.05) is 0 Å². The molecular weight excluding hydrogens is 269 g/mol. The molecule has 4 nitrogen and oxygen atoms in total. The molecule has 0 saturated carbocycles. The van der Waals surface area contributed by atoms with Gasteiger partial charge in [0.1, 0.15) is 5.82 Å². The summed E-state index contributed by atoms with van der Waals surface area (Å²) in [5.41, 5.74) is 7.16. The van der Waals surface area contributed by atoms with Gasteiger partial charge in [-0.3, -0.25) is 9.78 Å². The molecule has 0 bridgehead atoms. The van der Waals surface area contributed by atoms with Crippen LogP contribution in [0.5, 0.6) is 0 Å². The lowest BCUT2D eigenvalue weighted by molar-refractivity contribution is 0.0740. The van der Waals surface area contributed by atoms with Crippen molar-refractivity contribution in [2.45, 2.75) is 19.5 Å². The summed E-state index contributed by atoms with van der Waals surface area (Å²) in [6.45, 7) is 2.06. The van der Waals surface area contributed by atoms with E-state index in [-0.39, 0.29) is 24.3 Å². The van der Waals surface area contributed by atoms with Gasteiger partial charge in [-0.25, -0.2) is 4.39 Å². The molecule has 0 radical (unpaired) electrons. The summed E-state index contributed by atoms with van der Waals surface area (Å²) < 4.78 is 13.8. The molecule has 0 aliphatic heterocycles. The molecule has 2 aromatic rings. The van der Waals surface area contributed by atoms with Crippen molar-refractivity contribution < 1.29 is 9.18 Å². The average molecular weight is 287 g/mol. The van der Waals surface area contributed by atoms with Gasteiger partial charge in [0.25, 0.3) is 5.91 Å². The van der Waals surface area contributed by atoms with Crippen molar-refractivity contribution in [1.29, 1.82) is 0 Å². The van der Waals surface area contributed by atoms with Crippen LogP contribution in [0.4, 0.5) is 4.39 Å². The number of hydrogen-bond donors (Lipinski definition) is 1. The highest BCUT2D eigenvalue weighted by atomic mass is 19.1. The summed E-state index contributed by atoms with van der Waals surface area (Å²) in [5.74, 6) is -0.509. The first-order valence-corrected chi connectivity index (χ1v) is 6.71. The second-order valence-electron chi connectivity index (χ2n) is 4.85.